The Morgan fingerprint density at radius 1 is 1.06 bits per heavy atom. The number of benzene rings is 1. The average molecular weight is 434 g/mol. The zero-order valence-electron chi connectivity index (χ0n) is 17.7. The van der Waals surface area contributed by atoms with Crippen molar-refractivity contribution in [2.24, 2.45) is 0 Å². The molecule has 2 aliphatic rings. The monoisotopic (exact) mass is 433 g/mol. The second-order valence-electron chi connectivity index (χ2n) is 8.76. The molecule has 0 unspecified atom stereocenters. The summed E-state index contributed by atoms with van der Waals surface area (Å²) in [5, 5.41) is 5.27. The molecule has 160 valence electrons. The van der Waals surface area contributed by atoms with Gasteiger partial charge < -0.3 is 14.8 Å². The van der Waals surface area contributed by atoms with Crippen LogP contribution in [0.4, 0.5) is 0 Å². The molecule has 0 saturated heterocycles. The molecule has 1 N–H and O–H groups in total. The Hall–Kier alpha value is -2.86. The normalized spacial score (nSPS) is 21.3. The number of amides is 2. The average Bonchev–Trinajstić information content (AvgIpc) is 3.54. The van der Waals surface area contributed by atoms with Gasteiger partial charge in [-0.25, -0.2) is 0 Å². The Labute approximate surface area is 186 Å². The van der Waals surface area contributed by atoms with Crippen LogP contribution in [-0.4, -0.2) is 32.9 Å². The van der Waals surface area contributed by atoms with Crippen molar-refractivity contribution in [3.63, 3.8) is 0 Å². The van der Waals surface area contributed by atoms with Crippen LogP contribution in [0, 0.1) is 0 Å². The predicted molar refractivity (Wildman–Crippen MR) is 123 cm³/mol. The molecule has 1 aromatic carbocycles. The third-order valence-corrected chi connectivity index (χ3v) is 7.51. The van der Waals surface area contributed by atoms with Gasteiger partial charge in [0.25, 0.3) is 5.91 Å². The summed E-state index contributed by atoms with van der Waals surface area (Å²) >= 11 is 1.61. The number of fused-ring (bicyclic) bond motifs is 1. The van der Waals surface area contributed by atoms with E-state index in [9.17, 15) is 9.59 Å². The number of aromatic nitrogens is 1. The molecule has 1 saturated carbocycles. The van der Waals surface area contributed by atoms with Crippen molar-refractivity contribution in [2.75, 3.05) is 0 Å². The van der Waals surface area contributed by atoms with Crippen LogP contribution < -0.4 is 5.32 Å². The fraction of sp³-hybridized carbons (Fsp3) is 0.360. The minimum atomic E-state index is -0.959. The second-order valence-corrected chi connectivity index (χ2v) is 9.79. The first-order valence-corrected chi connectivity index (χ1v) is 11.8. The Bertz CT molecular complexity index is 1080. The summed E-state index contributed by atoms with van der Waals surface area (Å²) in [7, 11) is 0. The van der Waals surface area contributed by atoms with E-state index in [1.54, 1.807) is 16.2 Å². The van der Waals surface area contributed by atoms with Crippen LogP contribution in [0.5, 0.6) is 0 Å². The molecule has 0 radical (unpaired) electrons. The molecule has 2 amide bonds. The minimum Gasteiger partial charge on any atom is -0.351 e. The lowest BCUT2D eigenvalue weighted by molar-refractivity contribution is -0.133. The Kier molecular flexibility index (Phi) is 5.18. The maximum Gasteiger partial charge on any atom is 0.271 e. The van der Waals surface area contributed by atoms with E-state index in [1.165, 1.54) is 0 Å². The summed E-state index contributed by atoms with van der Waals surface area (Å²) in [4.78, 5) is 30.2. The molecule has 31 heavy (non-hydrogen) atoms. The topological polar surface area (TPSA) is 54.3 Å². The number of rotatable bonds is 5. The van der Waals surface area contributed by atoms with Crippen LogP contribution in [0.1, 0.15) is 48.0 Å². The van der Waals surface area contributed by atoms with Gasteiger partial charge >= 0.3 is 0 Å². The molecule has 3 heterocycles. The lowest BCUT2D eigenvalue weighted by atomic mass is 9.93. The highest BCUT2D eigenvalue weighted by atomic mass is 32.1. The Morgan fingerprint density at radius 2 is 1.81 bits per heavy atom. The van der Waals surface area contributed by atoms with E-state index in [0.717, 1.165) is 41.8 Å². The summed E-state index contributed by atoms with van der Waals surface area (Å²) in [5.74, 6) is -0.145. The molecule has 1 fully saturated rings. The Balaban J connectivity index is 1.55. The number of thiophene rings is 1. The first kappa shape index (κ1) is 20.1. The van der Waals surface area contributed by atoms with Gasteiger partial charge in [0, 0.05) is 16.6 Å². The first-order valence-electron chi connectivity index (χ1n) is 11.0. The van der Waals surface area contributed by atoms with E-state index in [4.69, 9.17) is 0 Å². The summed E-state index contributed by atoms with van der Waals surface area (Å²) < 4.78 is 2.02. The van der Waals surface area contributed by atoms with Gasteiger partial charge in [-0.1, -0.05) is 49.2 Å². The van der Waals surface area contributed by atoms with Gasteiger partial charge in [-0.15, -0.1) is 11.3 Å². The van der Waals surface area contributed by atoms with Gasteiger partial charge in [0.15, 0.2) is 0 Å². The maximum atomic E-state index is 13.7. The van der Waals surface area contributed by atoms with Gasteiger partial charge in [0.05, 0.1) is 13.1 Å². The zero-order chi connectivity index (χ0) is 21.4. The van der Waals surface area contributed by atoms with Crippen molar-refractivity contribution in [1.82, 2.24) is 14.8 Å². The fourth-order valence-electron chi connectivity index (χ4n) is 4.85. The van der Waals surface area contributed by atoms with Crippen LogP contribution in [0.3, 0.4) is 0 Å². The van der Waals surface area contributed by atoms with E-state index in [1.807, 2.05) is 71.5 Å². The van der Waals surface area contributed by atoms with Gasteiger partial charge in [0.1, 0.15) is 11.2 Å². The first-order chi connectivity index (χ1) is 15.1. The third kappa shape index (κ3) is 3.59. The third-order valence-electron chi connectivity index (χ3n) is 6.65. The molecular weight excluding hydrogens is 406 g/mol. The molecule has 5 rings (SSSR count). The molecule has 0 spiro atoms. The number of hydrogen-bond acceptors (Lipinski definition) is 3. The van der Waals surface area contributed by atoms with Crippen LogP contribution in [0.2, 0.25) is 0 Å². The highest BCUT2D eigenvalue weighted by molar-refractivity contribution is 7.09. The van der Waals surface area contributed by atoms with Crippen LogP contribution in [0.15, 0.2) is 60.0 Å². The molecule has 1 aliphatic heterocycles. The quantitative estimate of drug-likeness (QED) is 0.635. The number of carbonyl (C=O) groups is 2. The van der Waals surface area contributed by atoms with Gasteiger partial charge in [-0.3, -0.25) is 9.59 Å². The Morgan fingerprint density at radius 3 is 2.52 bits per heavy atom. The number of nitrogens with one attached hydrogen (secondary N) is 1. The maximum absolute atomic E-state index is 13.7. The van der Waals surface area contributed by atoms with Gasteiger partial charge in [-0.2, -0.15) is 0 Å². The fourth-order valence-corrected chi connectivity index (χ4v) is 5.54. The molecule has 1 aliphatic carbocycles. The van der Waals surface area contributed by atoms with Crippen molar-refractivity contribution < 1.29 is 9.59 Å². The molecule has 2 aromatic heterocycles. The predicted octanol–water partition coefficient (Wildman–Crippen LogP) is 4.69. The smallest absolute Gasteiger partial charge is 0.271 e. The molecule has 5 nitrogen and oxygen atoms in total. The van der Waals surface area contributed by atoms with E-state index >= 15 is 0 Å². The number of nitrogens with zero attached hydrogens (tertiary/aromatic N) is 2. The summed E-state index contributed by atoms with van der Waals surface area (Å²) in [6, 6.07) is 18.2. The number of carbonyl (C=O) groups excluding carboxylic acids is 2. The molecule has 3 aromatic rings. The van der Waals surface area contributed by atoms with Crippen molar-refractivity contribution in [1.29, 1.82) is 0 Å². The molecule has 1 atom stereocenters. The van der Waals surface area contributed by atoms with Crippen LogP contribution in [0.25, 0.3) is 11.3 Å². The lowest BCUT2D eigenvalue weighted by Crippen LogP contribution is -2.64. The van der Waals surface area contributed by atoms with Crippen molar-refractivity contribution in [2.45, 2.75) is 57.3 Å². The lowest BCUT2D eigenvalue weighted by Gasteiger charge is -2.44. The van der Waals surface area contributed by atoms with E-state index in [-0.39, 0.29) is 17.9 Å². The summed E-state index contributed by atoms with van der Waals surface area (Å²) in [5.41, 5.74) is 1.70. The van der Waals surface area contributed by atoms with E-state index < -0.39 is 5.54 Å². The number of hydrogen-bond donors (Lipinski definition) is 1. The van der Waals surface area contributed by atoms with Crippen LogP contribution >= 0.6 is 11.3 Å². The van der Waals surface area contributed by atoms with E-state index in [2.05, 4.69) is 5.32 Å². The second kappa shape index (κ2) is 8.00. The molecule has 0 bridgehead atoms. The zero-order valence-corrected chi connectivity index (χ0v) is 18.5. The van der Waals surface area contributed by atoms with E-state index in [0.29, 0.717) is 18.8 Å². The van der Waals surface area contributed by atoms with Crippen molar-refractivity contribution in [3.05, 3.63) is 70.5 Å². The van der Waals surface area contributed by atoms with Crippen LogP contribution in [-0.2, 0) is 17.9 Å². The van der Waals surface area contributed by atoms with Crippen molar-refractivity contribution >= 4 is 23.2 Å². The summed E-state index contributed by atoms with van der Waals surface area (Å²) in [6.07, 6.45) is 4.34. The van der Waals surface area contributed by atoms with Crippen molar-refractivity contribution in [3.8, 4) is 11.3 Å². The summed E-state index contributed by atoms with van der Waals surface area (Å²) in [6.45, 7) is 2.80. The van der Waals surface area contributed by atoms with Gasteiger partial charge in [0.2, 0.25) is 5.91 Å². The minimum absolute atomic E-state index is 0.0531. The highest BCUT2D eigenvalue weighted by Gasteiger charge is 2.48. The molecular formula is C25H27N3O2S. The standard InChI is InChI=1S/C25H27N3O2S/c1-25(24(30)26-19-10-5-6-11-19)17-27-21(18-8-3-2-4-9-18)13-14-22(27)23(29)28(25)16-20-12-7-15-31-20/h2-4,7-9,12-15,19H,5-6,10-11,16-17H2,1H3,(H,26,30)/t25-/m0/s1. The van der Waals surface area contributed by atoms with Gasteiger partial charge in [-0.05, 0) is 48.9 Å². The highest BCUT2D eigenvalue weighted by Crippen LogP contribution is 2.35. The SMILES string of the molecule is C[C@@]1(C(=O)NC2CCCC2)Cn2c(ccc2-c2ccccc2)C(=O)N1Cc1cccs1. The molecule has 6 heteroatoms. The largest absolute Gasteiger partial charge is 0.351 e.